The van der Waals surface area contributed by atoms with Crippen molar-refractivity contribution in [1.29, 1.82) is 0 Å². The van der Waals surface area contributed by atoms with E-state index in [9.17, 15) is 18.0 Å². The maximum atomic E-state index is 11.9. The maximum Gasteiger partial charge on any atom is 0.307 e. The van der Waals surface area contributed by atoms with Crippen LogP contribution in [0, 0.1) is 5.92 Å². The minimum absolute atomic E-state index is 0.438. The van der Waals surface area contributed by atoms with Crippen LogP contribution >= 0.6 is 0 Å². The molecule has 0 aliphatic heterocycles. The van der Waals surface area contributed by atoms with Gasteiger partial charge in [-0.2, -0.15) is 0 Å². The van der Waals surface area contributed by atoms with Gasteiger partial charge >= 0.3 is 5.97 Å². The van der Waals surface area contributed by atoms with E-state index in [1.807, 2.05) is 0 Å². The first-order valence-electron chi connectivity index (χ1n) is 5.89. The lowest BCUT2D eigenvalue weighted by Crippen LogP contribution is -2.40. The largest absolute Gasteiger partial charge is 0.481 e. The minimum atomic E-state index is -3.74. The number of carboxylic acids is 1. The van der Waals surface area contributed by atoms with Crippen molar-refractivity contribution in [3.63, 3.8) is 0 Å². The number of amides is 1. The van der Waals surface area contributed by atoms with E-state index in [1.165, 1.54) is 18.7 Å². The Kier molecular flexibility index (Phi) is 6.31. The van der Waals surface area contributed by atoms with E-state index in [0.29, 0.717) is 13.1 Å². The molecule has 0 rings (SSSR count). The highest BCUT2D eigenvalue weighted by molar-refractivity contribution is 7.92. The molecular weight excluding hydrogens is 258 g/mol. The smallest absolute Gasteiger partial charge is 0.307 e. The van der Waals surface area contributed by atoms with Gasteiger partial charge in [0.05, 0.1) is 11.2 Å². The number of carbonyl (C=O) groups excluding carboxylic acids is 1. The summed E-state index contributed by atoms with van der Waals surface area (Å²) < 4.78 is 23.8. The zero-order valence-corrected chi connectivity index (χ0v) is 12.0. The second-order valence-electron chi connectivity index (χ2n) is 4.21. The predicted octanol–water partition coefficient (Wildman–Crippen LogP) is 0.379. The number of aliphatic carboxylic acids is 1. The molecule has 0 aliphatic carbocycles. The third kappa shape index (κ3) is 4.29. The van der Waals surface area contributed by atoms with E-state index >= 15 is 0 Å². The summed E-state index contributed by atoms with van der Waals surface area (Å²) in [4.78, 5) is 23.9. The lowest BCUT2D eigenvalue weighted by atomic mass is 10.1. The highest BCUT2D eigenvalue weighted by Gasteiger charge is 2.33. The fourth-order valence-corrected chi connectivity index (χ4v) is 3.01. The van der Waals surface area contributed by atoms with E-state index < -0.39 is 38.6 Å². The molecule has 0 heterocycles. The summed E-state index contributed by atoms with van der Waals surface area (Å²) in [5, 5.41) is 7.72. The van der Waals surface area contributed by atoms with E-state index in [0.717, 1.165) is 0 Å². The summed E-state index contributed by atoms with van der Waals surface area (Å²) >= 11 is 0. The molecule has 0 aromatic carbocycles. The average molecular weight is 279 g/mol. The number of nitrogens with zero attached hydrogens (tertiary/aromatic N) is 1. The van der Waals surface area contributed by atoms with Crippen LogP contribution in [0.4, 0.5) is 0 Å². The summed E-state index contributed by atoms with van der Waals surface area (Å²) in [7, 11) is -3.74. The molecule has 6 nitrogen and oxygen atoms in total. The molecule has 2 atom stereocenters. The Morgan fingerprint density at radius 3 is 1.94 bits per heavy atom. The first-order chi connectivity index (χ1) is 8.17. The van der Waals surface area contributed by atoms with Gasteiger partial charge in [0.2, 0.25) is 5.91 Å². The number of carbonyl (C=O) groups is 2. The number of hydrogen-bond acceptors (Lipinski definition) is 4. The lowest BCUT2D eigenvalue weighted by molar-refractivity contribution is -0.141. The molecule has 18 heavy (non-hydrogen) atoms. The third-order valence-corrected chi connectivity index (χ3v) is 5.29. The number of rotatable bonds is 7. The molecule has 0 saturated heterocycles. The summed E-state index contributed by atoms with van der Waals surface area (Å²) in [6.45, 7) is 7.05. The first-order valence-corrected chi connectivity index (χ1v) is 7.61. The van der Waals surface area contributed by atoms with Gasteiger partial charge in [0, 0.05) is 13.1 Å². The quantitative estimate of drug-likeness (QED) is 0.727. The molecule has 0 aliphatic rings. The zero-order chi connectivity index (χ0) is 14.5. The van der Waals surface area contributed by atoms with Gasteiger partial charge in [0.15, 0.2) is 9.84 Å². The van der Waals surface area contributed by atoms with Crippen LogP contribution in [0.1, 0.15) is 27.7 Å². The molecule has 0 fully saturated rings. The standard InChI is InChI=1S/C11H21NO5S/c1-5-12(6-2)10(13)7-18(16,17)9(4)8(3)11(14)15/h8-9H,5-7H2,1-4H3,(H,14,15). The first kappa shape index (κ1) is 16.9. The zero-order valence-electron chi connectivity index (χ0n) is 11.2. The topological polar surface area (TPSA) is 91.8 Å². The molecule has 0 aromatic heterocycles. The van der Waals surface area contributed by atoms with Gasteiger partial charge in [-0.25, -0.2) is 8.42 Å². The van der Waals surface area contributed by atoms with Crippen molar-refractivity contribution in [3.05, 3.63) is 0 Å². The average Bonchev–Trinajstić information content (AvgIpc) is 2.27. The Morgan fingerprint density at radius 1 is 1.17 bits per heavy atom. The van der Waals surface area contributed by atoms with E-state index in [1.54, 1.807) is 13.8 Å². The van der Waals surface area contributed by atoms with Gasteiger partial charge in [-0.05, 0) is 20.8 Å². The molecule has 1 amide bonds. The normalized spacial score (nSPS) is 14.9. The molecule has 0 bridgehead atoms. The number of carboxylic acid groups (broad SMARTS) is 1. The van der Waals surface area contributed by atoms with Gasteiger partial charge < -0.3 is 10.0 Å². The van der Waals surface area contributed by atoms with Crippen molar-refractivity contribution in [1.82, 2.24) is 4.90 Å². The molecular formula is C11H21NO5S. The van der Waals surface area contributed by atoms with E-state index in [-0.39, 0.29) is 0 Å². The van der Waals surface area contributed by atoms with Crippen LogP contribution in [0.3, 0.4) is 0 Å². The van der Waals surface area contributed by atoms with Gasteiger partial charge in [-0.15, -0.1) is 0 Å². The highest BCUT2D eigenvalue weighted by atomic mass is 32.2. The molecule has 7 heteroatoms. The molecule has 1 N–H and O–H groups in total. The molecule has 0 radical (unpaired) electrons. The molecule has 0 aromatic rings. The van der Waals surface area contributed by atoms with Gasteiger partial charge in [0.1, 0.15) is 5.75 Å². The van der Waals surface area contributed by atoms with Crippen LogP contribution in [-0.2, 0) is 19.4 Å². The van der Waals surface area contributed by atoms with Crippen LogP contribution in [-0.4, -0.2) is 54.4 Å². The predicted molar refractivity (Wildman–Crippen MR) is 68.0 cm³/mol. The van der Waals surface area contributed by atoms with Crippen LogP contribution in [0.5, 0.6) is 0 Å². The highest BCUT2D eigenvalue weighted by Crippen LogP contribution is 2.14. The minimum Gasteiger partial charge on any atom is -0.481 e. The summed E-state index contributed by atoms with van der Waals surface area (Å²) in [5.41, 5.74) is 0. The van der Waals surface area contributed by atoms with Gasteiger partial charge in [-0.1, -0.05) is 6.92 Å². The van der Waals surface area contributed by atoms with Crippen molar-refractivity contribution in [2.24, 2.45) is 5.92 Å². The number of hydrogen-bond donors (Lipinski definition) is 1. The Hall–Kier alpha value is -1.11. The second kappa shape index (κ2) is 6.72. The fraction of sp³-hybridized carbons (Fsp3) is 0.818. The molecule has 2 unspecified atom stereocenters. The van der Waals surface area contributed by atoms with Crippen LogP contribution in [0.25, 0.3) is 0 Å². The van der Waals surface area contributed by atoms with Crippen LogP contribution in [0.15, 0.2) is 0 Å². The number of sulfone groups is 1. The van der Waals surface area contributed by atoms with E-state index in [2.05, 4.69) is 0 Å². The summed E-state index contributed by atoms with van der Waals surface area (Å²) in [5.74, 6) is -3.32. The van der Waals surface area contributed by atoms with Gasteiger partial charge in [0.25, 0.3) is 0 Å². The van der Waals surface area contributed by atoms with E-state index in [4.69, 9.17) is 5.11 Å². The Labute approximate surface area is 108 Å². The molecule has 106 valence electrons. The fourth-order valence-electron chi connectivity index (χ4n) is 1.48. The van der Waals surface area contributed by atoms with Crippen molar-refractivity contribution in [3.8, 4) is 0 Å². The Bertz CT molecular complexity index is 400. The van der Waals surface area contributed by atoms with Crippen molar-refractivity contribution in [2.75, 3.05) is 18.8 Å². The maximum absolute atomic E-state index is 11.9. The van der Waals surface area contributed by atoms with Crippen LogP contribution in [0.2, 0.25) is 0 Å². The van der Waals surface area contributed by atoms with Crippen molar-refractivity contribution in [2.45, 2.75) is 32.9 Å². The van der Waals surface area contributed by atoms with Crippen molar-refractivity contribution < 1.29 is 23.1 Å². The third-order valence-electron chi connectivity index (χ3n) is 3.10. The van der Waals surface area contributed by atoms with Crippen LogP contribution < -0.4 is 0 Å². The summed E-state index contributed by atoms with van der Waals surface area (Å²) in [6.07, 6.45) is 0. The Morgan fingerprint density at radius 2 is 1.61 bits per heavy atom. The summed E-state index contributed by atoms with van der Waals surface area (Å²) in [6, 6.07) is 0. The Balaban J connectivity index is 4.86. The second-order valence-corrected chi connectivity index (χ2v) is 6.56. The van der Waals surface area contributed by atoms with Crippen molar-refractivity contribution >= 4 is 21.7 Å². The lowest BCUT2D eigenvalue weighted by Gasteiger charge is -2.21. The SMILES string of the molecule is CCN(CC)C(=O)CS(=O)(=O)C(C)C(C)C(=O)O. The van der Waals surface area contributed by atoms with Gasteiger partial charge in [-0.3, -0.25) is 9.59 Å². The molecule has 0 saturated carbocycles. The molecule has 0 spiro atoms. The monoisotopic (exact) mass is 279 g/mol.